The topological polar surface area (TPSA) is 79.4 Å². The molecular formula is C15H18BrN5O2S. The molecule has 2 N–H and O–H groups in total. The summed E-state index contributed by atoms with van der Waals surface area (Å²) >= 11 is 4.76. The molecule has 9 heteroatoms. The van der Waals surface area contributed by atoms with Crippen LogP contribution in [0, 0.1) is 0 Å². The average molecular weight is 412 g/mol. The van der Waals surface area contributed by atoms with Crippen molar-refractivity contribution in [3.8, 4) is 0 Å². The first-order valence-electron chi connectivity index (χ1n) is 7.64. The molecule has 3 rings (SSSR count). The van der Waals surface area contributed by atoms with Gasteiger partial charge in [-0.3, -0.25) is 4.79 Å². The van der Waals surface area contributed by atoms with Gasteiger partial charge in [0.15, 0.2) is 5.82 Å². The Labute approximate surface area is 152 Å². The molecule has 0 spiro atoms. The Morgan fingerprint density at radius 1 is 1.33 bits per heavy atom. The Bertz CT molecular complexity index is 690. The quantitative estimate of drug-likeness (QED) is 0.707. The maximum absolute atomic E-state index is 11.9. The van der Waals surface area contributed by atoms with Crippen LogP contribution in [0.15, 0.2) is 28.2 Å². The number of carbonyl (C=O) groups is 1. The van der Waals surface area contributed by atoms with Crippen molar-refractivity contribution in [3.05, 3.63) is 33.1 Å². The number of anilines is 2. The van der Waals surface area contributed by atoms with E-state index >= 15 is 0 Å². The Kier molecular flexibility index (Phi) is 6.00. The summed E-state index contributed by atoms with van der Waals surface area (Å²) in [5.74, 6) is 0.632. The number of nitrogens with one attached hydrogen (secondary N) is 2. The molecular weight excluding hydrogens is 394 g/mol. The highest BCUT2D eigenvalue weighted by atomic mass is 79.9. The van der Waals surface area contributed by atoms with E-state index < -0.39 is 0 Å². The smallest absolute Gasteiger partial charge is 0.261 e. The highest BCUT2D eigenvalue weighted by Gasteiger charge is 2.12. The third-order valence-electron chi connectivity index (χ3n) is 3.52. The van der Waals surface area contributed by atoms with E-state index in [9.17, 15) is 4.79 Å². The molecule has 0 aliphatic carbocycles. The van der Waals surface area contributed by atoms with Gasteiger partial charge in [0.05, 0.1) is 30.0 Å². The molecule has 0 bridgehead atoms. The van der Waals surface area contributed by atoms with Gasteiger partial charge in [-0.2, -0.15) is 5.10 Å². The molecule has 0 unspecified atom stereocenters. The first-order chi connectivity index (χ1) is 11.7. The van der Waals surface area contributed by atoms with Crippen LogP contribution in [0.2, 0.25) is 0 Å². The van der Waals surface area contributed by atoms with Gasteiger partial charge in [-0.25, -0.2) is 0 Å². The molecule has 2 aromatic rings. The molecule has 128 valence electrons. The van der Waals surface area contributed by atoms with Crippen LogP contribution in [0.25, 0.3) is 0 Å². The summed E-state index contributed by atoms with van der Waals surface area (Å²) in [6, 6.07) is 3.78. The molecule has 1 aliphatic rings. The number of carbonyl (C=O) groups excluding carboxylic acids is 1. The molecule has 0 atom stereocenters. The van der Waals surface area contributed by atoms with E-state index in [1.54, 1.807) is 6.20 Å². The summed E-state index contributed by atoms with van der Waals surface area (Å²) in [4.78, 5) is 14.8. The van der Waals surface area contributed by atoms with E-state index in [1.165, 1.54) is 11.3 Å². The maximum Gasteiger partial charge on any atom is 0.261 e. The number of ether oxygens (including phenoxy) is 1. The summed E-state index contributed by atoms with van der Waals surface area (Å²) in [7, 11) is 0. The lowest BCUT2D eigenvalue weighted by molar-refractivity contribution is 0.0959. The number of halogens is 1. The maximum atomic E-state index is 11.9. The first-order valence-corrected chi connectivity index (χ1v) is 9.31. The summed E-state index contributed by atoms with van der Waals surface area (Å²) in [6.07, 6.45) is 1.76. The second-order valence-corrected chi connectivity index (χ2v) is 7.04. The van der Waals surface area contributed by atoms with Gasteiger partial charge < -0.3 is 20.3 Å². The minimum absolute atomic E-state index is 0.0688. The van der Waals surface area contributed by atoms with Crippen LogP contribution in [-0.4, -0.2) is 55.5 Å². The summed E-state index contributed by atoms with van der Waals surface area (Å²) < 4.78 is 6.28. The SMILES string of the molecule is O=C(NCCNc1cc(N2CCOCC2)cnn1)c1cc(Br)cs1. The van der Waals surface area contributed by atoms with E-state index in [0.717, 1.165) is 36.5 Å². The molecule has 1 amide bonds. The van der Waals surface area contributed by atoms with Crippen molar-refractivity contribution in [3.63, 3.8) is 0 Å². The predicted octanol–water partition coefficient (Wildman–Crippen LogP) is 1.98. The zero-order valence-electron chi connectivity index (χ0n) is 13.0. The largest absolute Gasteiger partial charge is 0.378 e. The molecule has 7 nitrogen and oxygen atoms in total. The van der Waals surface area contributed by atoms with Crippen molar-refractivity contribution in [1.82, 2.24) is 15.5 Å². The summed E-state index contributed by atoms with van der Waals surface area (Å²) in [5, 5.41) is 16.1. The summed E-state index contributed by atoms with van der Waals surface area (Å²) in [6.45, 7) is 4.28. The van der Waals surface area contributed by atoms with Crippen LogP contribution in [0.1, 0.15) is 9.67 Å². The molecule has 2 aromatic heterocycles. The number of morpholine rings is 1. The second-order valence-electron chi connectivity index (χ2n) is 5.21. The third kappa shape index (κ3) is 4.65. The highest BCUT2D eigenvalue weighted by Crippen LogP contribution is 2.19. The Balaban J connectivity index is 1.45. The minimum atomic E-state index is -0.0688. The molecule has 0 saturated carbocycles. The molecule has 1 fully saturated rings. The number of rotatable bonds is 6. The Hall–Kier alpha value is -1.71. The fourth-order valence-corrected chi connectivity index (χ4v) is 3.67. The highest BCUT2D eigenvalue weighted by molar-refractivity contribution is 9.10. The lowest BCUT2D eigenvalue weighted by Crippen LogP contribution is -2.36. The zero-order chi connectivity index (χ0) is 16.8. The van der Waals surface area contributed by atoms with Crippen molar-refractivity contribution >= 4 is 44.7 Å². The fraction of sp³-hybridized carbons (Fsp3) is 0.400. The lowest BCUT2D eigenvalue weighted by atomic mass is 10.3. The first kappa shape index (κ1) is 17.1. The molecule has 1 aliphatic heterocycles. The molecule has 24 heavy (non-hydrogen) atoms. The lowest BCUT2D eigenvalue weighted by Gasteiger charge is -2.28. The predicted molar refractivity (Wildman–Crippen MR) is 97.9 cm³/mol. The Morgan fingerprint density at radius 3 is 2.92 bits per heavy atom. The van der Waals surface area contributed by atoms with Crippen molar-refractivity contribution < 1.29 is 9.53 Å². The molecule has 3 heterocycles. The summed E-state index contributed by atoms with van der Waals surface area (Å²) in [5.41, 5.74) is 1.03. The standard InChI is InChI=1S/C15H18BrN5O2S/c16-11-7-13(24-10-11)15(22)18-2-1-17-14-8-12(9-19-20-14)21-3-5-23-6-4-21/h7-10H,1-6H2,(H,17,20)(H,18,22). The van der Waals surface area contributed by atoms with Crippen LogP contribution in [0.4, 0.5) is 11.5 Å². The number of hydrogen-bond acceptors (Lipinski definition) is 7. The number of hydrogen-bond donors (Lipinski definition) is 2. The molecule has 0 radical (unpaired) electrons. The Morgan fingerprint density at radius 2 is 2.17 bits per heavy atom. The van der Waals surface area contributed by atoms with Crippen molar-refractivity contribution in [2.75, 3.05) is 49.6 Å². The molecule has 1 saturated heterocycles. The van der Waals surface area contributed by atoms with Gasteiger partial charge >= 0.3 is 0 Å². The third-order valence-corrected chi connectivity index (χ3v) is 5.21. The van der Waals surface area contributed by atoms with Crippen molar-refractivity contribution in [2.45, 2.75) is 0 Å². The van der Waals surface area contributed by atoms with E-state index in [1.807, 2.05) is 17.5 Å². The van der Waals surface area contributed by atoms with Gasteiger partial charge in [-0.05, 0) is 22.0 Å². The van der Waals surface area contributed by atoms with Gasteiger partial charge in [-0.1, -0.05) is 0 Å². The van der Waals surface area contributed by atoms with Gasteiger partial charge in [0.2, 0.25) is 0 Å². The average Bonchev–Trinajstić information content (AvgIpc) is 3.06. The van der Waals surface area contributed by atoms with Gasteiger partial charge in [-0.15, -0.1) is 16.4 Å². The van der Waals surface area contributed by atoms with E-state index in [-0.39, 0.29) is 5.91 Å². The van der Waals surface area contributed by atoms with Gasteiger partial charge in [0, 0.05) is 42.1 Å². The molecule has 0 aromatic carbocycles. The normalized spacial score (nSPS) is 14.5. The van der Waals surface area contributed by atoms with Gasteiger partial charge in [0.25, 0.3) is 5.91 Å². The fourth-order valence-electron chi connectivity index (χ4n) is 2.32. The van der Waals surface area contributed by atoms with Crippen LogP contribution in [0.5, 0.6) is 0 Å². The van der Waals surface area contributed by atoms with E-state index in [2.05, 4.69) is 41.7 Å². The van der Waals surface area contributed by atoms with E-state index in [4.69, 9.17) is 4.74 Å². The van der Waals surface area contributed by atoms with Gasteiger partial charge in [0.1, 0.15) is 0 Å². The van der Waals surface area contributed by atoms with Crippen molar-refractivity contribution in [2.24, 2.45) is 0 Å². The van der Waals surface area contributed by atoms with Crippen LogP contribution in [0.3, 0.4) is 0 Å². The number of amides is 1. The second kappa shape index (κ2) is 8.41. The zero-order valence-corrected chi connectivity index (χ0v) is 15.4. The number of aromatic nitrogens is 2. The van der Waals surface area contributed by atoms with Crippen LogP contribution < -0.4 is 15.5 Å². The number of thiophene rings is 1. The number of nitrogens with zero attached hydrogens (tertiary/aromatic N) is 3. The van der Waals surface area contributed by atoms with E-state index in [0.29, 0.717) is 23.8 Å². The minimum Gasteiger partial charge on any atom is -0.378 e. The van der Waals surface area contributed by atoms with Crippen LogP contribution in [-0.2, 0) is 4.74 Å². The van der Waals surface area contributed by atoms with Crippen molar-refractivity contribution in [1.29, 1.82) is 0 Å². The van der Waals surface area contributed by atoms with Crippen LogP contribution >= 0.6 is 27.3 Å². The monoisotopic (exact) mass is 411 g/mol.